The van der Waals surface area contributed by atoms with Crippen LogP contribution in [0.2, 0.25) is 0 Å². The highest BCUT2D eigenvalue weighted by molar-refractivity contribution is 6.04. The summed E-state index contributed by atoms with van der Waals surface area (Å²) in [7, 11) is 0. The van der Waals surface area contributed by atoms with Crippen LogP contribution in [0.5, 0.6) is 0 Å². The third-order valence-corrected chi connectivity index (χ3v) is 6.25. The first kappa shape index (κ1) is 26.5. The largest absolute Gasteiger partial charge is 0.382 e. The number of anilines is 2. The number of nitrogens with zero attached hydrogens (tertiary/aromatic N) is 5. The molecule has 1 atom stereocenters. The highest BCUT2D eigenvalue weighted by Gasteiger charge is 2.31. The SMILES string of the molecule is C=CC(=O)N1CCCC[C@H]1c1nc(-c2ccc(C(=O)Nc3cc(F)ccn3)cc2)c2c(N)nccn12.CC. The molecule has 0 bridgehead atoms. The number of carbonyl (C=O) groups excluding carboxylic acids is 2. The van der Waals surface area contributed by atoms with E-state index in [1.54, 1.807) is 41.6 Å². The Hall–Kier alpha value is -4.60. The molecule has 0 radical (unpaired) electrons. The third kappa shape index (κ3) is 5.24. The highest BCUT2D eigenvalue weighted by atomic mass is 19.1. The number of carbonyl (C=O) groups is 2. The number of nitrogens with one attached hydrogen (secondary N) is 1. The fourth-order valence-electron chi connectivity index (χ4n) is 4.55. The van der Waals surface area contributed by atoms with E-state index in [1.165, 1.54) is 18.3 Å². The highest BCUT2D eigenvalue weighted by Crippen LogP contribution is 2.36. The van der Waals surface area contributed by atoms with E-state index >= 15 is 0 Å². The predicted octanol–water partition coefficient (Wildman–Crippen LogP) is 5.03. The number of hydrogen-bond acceptors (Lipinski definition) is 6. The average molecular weight is 516 g/mol. The number of imidazole rings is 1. The second-order valence-corrected chi connectivity index (χ2v) is 8.49. The van der Waals surface area contributed by atoms with Crippen LogP contribution in [0.1, 0.15) is 55.3 Å². The van der Waals surface area contributed by atoms with Gasteiger partial charge in [0, 0.05) is 42.3 Å². The van der Waals surface area contributed by atoms with E-state index in [0.717, 1.165) is 30.9 Å². The summed E-state index contributed by atoms with van der Waals surface area (Å²) in [6, 6.07) is 8.95. The number of pyridine rings is 1. The van der Waals surface area contributed by atoms with Gasteiger partial charge in [-0.3, -0.25) is 14.0 Å². The fourth-order valence-corrected chi connectivity index (χ4v) is 4.55. The molecule has 4 aromatic rings. The van der Waals surface area contributed by atoms with Gasteiger partial charge in [0.25, 0.3) is 5.91 Å². The van der Waals surface area contributed by atoms with Gasteiger partial charge in [0.15, 0.2) is 0 Å². The Kier molecular flexibility index (Phi) is 8.10. The lowest BCUT2D eigenvalue weighted by atomic mass is 10.0. The van der Waals surface area contributed by atoms with Crippen molar-refractivity contribution in [3.8, 4) is 11.3 Å². The molecule has 196 valence electrons. The summed E-state index contributed by atoms with van der Waals surface area (Å²) in [4.78, 5) is 40.1. The number of aromatic nitrogens is 4. The minimum Gasteiger partial charge on any atom is -0.382 e. The first-order valence-electron chi connectivity index (χ1n) is 12.5. The molecule has 38 heavy (non-hydrogen) atoms. The fraction of sp³-hybridized carbons (Fsp3) is 0.250. The van der Waals surface area contributed by atoms with Crippen LogP contribution in [0.4, 0.5) is 16.0 Å². The molecule has 4 heterocycles. The molecule has 1 fully saturated rings. The van der Waals surface area contributed by atoms with Crippen molar-refractivity contribution in [3.63, 3.8) is 0 Å². The molecule has 10 heteroatoms. The number of nitrogens with two attached hydrogens (primary N) is 1. The van der Waals surface area contributed by atoms with E-state index in [2.05, 4.69) is 21.9 Å². The van der Waals surface area contributed by atoms with Crippen molar-refractivity contribution in [2.45, 2.75) is 39.2 Å². The molecule has 0 unspecified atom stereocenters. The van der Waals surface area contributed by atoms with Crippen LogP contribution >= 0.6 is 0 Å². The van der Waals surface area contributed by atoms with Crippen molar-refractivity contribution in [2.75, 3.05) is 17.6 Å². The number of rotatable bonds is 5. The summed E-state index contributed by atoms with van der Waals surface area (Å²) in [5.41, 5.74) is 8.60. The molecule has 1 aromatic carbocycles. The van der Waals surface area contributed by atoms with E-state index in [1.807, 2.05) is 18.2 Å². The molecule has 5 rings (SSSR count). The van der Waals surface area contributed by atoms with Gasteiger partial charge in [-0.1, -0.05) is 32.6 Å². The predicted molar refractivity (Wildman–Crippen MR) is 145 cm³/mol. The van der Waals surface area contributed by atoms with Crippen LogP contribution in [0, 0.1) is 5.82 Å². The maximum Gasteiger partial charge on any atom is 0.256 e. The lowest BCUT2D eigenvalue weighted by Gasteiger charge is -2.34. The third-order valence-electron chi connectivity index (χ3n) is 6.25. The summed E-state index contributed by atoms with van der Waals surface area (Å²) in [5, 5.41) is 2.58. The van der Waals surface area contributed by atoms with E-state index in [9.17, 15) is 14.0 Å². The minimum absolute atomic E-state index is 0.124. The second kappa shape index (κ2) is 11.6. The first-order valence-corrected chi connectivity index (χ1v) is 12.5. The molecule has 1 aliphatic heterocycles. The quantitative estimate of drug-likeness (QED) is 0.360. The molecule has 0 aliphatic carbocycles. The lowest BCUT2D eigenvalue weighted by molar-refractivity contribution is -0.129. The van der Waals surface area contributed by atoms with E-state index in [-0.39, 0.29) is 17.8 Å². The van der Waals surface area contributed by atoms with Crippen molar-refractivity contribution >= 4 is 29.0 Å². The van der Waals surface area contributed by atoms with Gasteiger partial charge in [-0.15, -0.1) is 0 Å². The molecule has 2 amide bonds. The summed E-state index contributed by atoms with van der Waals surface area (Å²) in [6.45, 7) is 8.27. The minimum atomic E-state index is -0.490. The van der Waals surface area contributed by atoms with Crippen LogP contribution in [0.15, 0.2) is 67.6 Å². The van der Waals surface area contributed by atoms with Crippen molar-refractivity contribution < 1.29 is 14.0 Å². The second-order valence-electron chi connectivity index (χ2n) is 8.49. The van der Waals surface area contributed by atoms with Gasteiger partial charge in [-0.25, -0.2) is 19.3 Å². The normalized spacial score (nSPS) is 14.9. The zero-order valence-corrected chi connectivity index (χ0v) is 21.4. The van der Waals surface area contributed by atoms with E-state index in [4.69, 9.17) is 10.7 Å². The van der Waals surface area contributed by atoms with Gasteiger partial charge >= 0.3 is 0 Å². The number of piperidine rings is 1. The summed E-state index contributed by atoms with van der Waals surface area (Å²) in [5.74, 6) is 0.0836. The van der Waals surface area contributed by atoms with Crippen LogP contribution < -0.4 is 11.1 Å². The van der Waals surface area contributed by atoms with Gasteiger partial charge in [0.2, 0.25) is 5.91 Å². The number of benzene rings is 1. The number of nitrogen functional groups attached to an aromatic ring is 1. The van der Waals surface area contributed by atoms with Gasteiger partial charge in [-0.05, 0) is 43.5 Å². The van der Waals surface area contributed by atoms with Crippen molar-refractivity contribution in [1.82, 2.24) is 24.3 Å². The number of likely N-dealkylation sites (tertiary alicyclic amines) is 1. The topological polar surface area (TPSA) is 119 Å². The Morgan fingerprint density at radius 3 is 2.61 bits per heavy atom. The van der Waals surface area contributed by atoms with Gasteiger partial charge in [0.05, 0.1) is 6.04 Å². The monoisotopic (exact) mass is 515 g/mol. The van der Waals surface area contributed by atoms with Crippen LogP contribution in [-0.2, 0) is 4.79 Å². The Morgan fingerprint density at radius 1 is 1.13 bits per heavy atom. The van der Waals surface area contributed by atoms with Crippen LogP contribution in [-0.4, -0.2) is 42.6 Å². The lowest BCUT2D eigenvalue weighted by Crippen LogP contribution is -2.38. The summed E-state index contributed by atoms with van der Waals surface area (Å²) in [6.07, 6.45) is 8.67. The van der Waals surface area contributed by atoms with Gasteiger partial charge < -0.3 is 16.0 Å². The maximum absolute atomic E-state index is 13.4. The molecule has 3 aromatic heterocycles. The number of hydrogen-bond donors (Lipinski definition) is 2. The smallest absolute Gasteiger partial charge is 0.256 e. The summed E-state index contributed by atoms with van der Waals surface area (Å²) < 4.78 is 15.3. The Bertz CT molecular complexity index is 1470. The standard InChI is InChI=1S/C26H24FN7O2.C2H6/c1-2-21(35)33-13-4-3-5-19(33)25-32-22(23-24(28)30-12-14-34(23)25)16-6-8-17(9-7-16)26(36)31-20-15-18(27)10-11-29-20;1-2/h2,6-12,14-15,19H,1,3-5,13H2,(H2,28,30)(H,29,31,36);1-2H3/t19-;/m0./s1. The van der Waals surface area contributed by atoms with Gasteiger partial charge in [-0.2, -0.15) is 0 Å². The number of halogens is 1. The van der Waals surface area contributed by atoms with Crippen molar-refractivity contribution in [2.24, 2.45) is 0 Å². The Labute approximate surface area is 220 Å². The van der Waals surface area contributed by atoms with Crippen LogP contribution in [0.25, 0.3) is 16.8 Å². The molecule has 0 spiro atoms. The maximum atomic E-state index is 13.4. The molecule has 0 saturated carbocycles. The number of amides is 2. The average Bonchev–Trinajstić information content (AvgIpc) is 3.34. The van der Waals surface area contributed by atoms with Crippen molar-refractivity contribution in [1.29, 1.82) is 0 Å². The molecule has 1 aliphatic rings. The first-order chi connectivity index (χ1) is 18.5. The van der Waals surface area contributed by atoms with Crippen molar-refractivity contribution in [3.05, 3.63) is 84.8 Å². The molecule has 9 nitrogen and oxygen atoms in total. The molecule has 1 saturated heterocycles. The molecular formula is C28H30FN7O2. The Balaban J connectivity index is 0.00000164. The van der Waals surface area contributed by atoms with Gasteiger partial charge in [0.1, 0.15) is 34.5 Å². The summed E-state index contributed by atoms with van der Waals surface area (Å²) >= 11 is 0. The molecule has 3 N–H and O–H groups in total. The van der Waals surface area contributed by atoms with E-state index in [0.29, 0.717) is 35.0 Å². The zero-order chi connectivity index (χ0) is 27.2. The zero-order valence-electron chi connectivity index (χ0n) is 21.4. The number of fused-ring (bicyclic) bond motifs is 1. The Morgan fingerprint density at radius 2 is 1.89 bits per heavy atom. The van der Waals surface area contributed by atoms with Crippen LogP contribution in [0.3, 0.4) is 0 Å². The van der Waals surface area contributed by atoms with E-state index < -0.39 is 11.7 Å². The molecular weight excluding hydrogens is 485 g/mol.